The highest BCUT2D eigenvalue weighted by atomic mass is 16.5. The average molecular weight is 332 g/mol. The van der Waals surface area contributed by atoms with Gasteiger partial charge in [-0.15, -0.1) is 0 Å². The third-order valence-electron chi connectivity index (χ3n) is 4.25. The molecule has 6 heteroatoms. The first-order valence-corrected chi connectivity index (χ1v) is 8.26. The lowest BCUT2D eigenvalue weighted by molar-refractivity contribution is -0.148. The number of hydrogen-bond donors (Lipinski definition) is 1. The van der Waals surface area contributed by atoms with E-state index >= 15 is 0 Å². The zero-order valence-electron chi connectivity index (χ0n) is 14.0. The van der Waals surface area contributed by atoms with Crippen molar-refractivity contribution in [2.75, 3.05) is 26.7 Å². The molecule has 1 saturated heterocycles. The average Bonchev–Trinajstić information content (AvgIpc) is 2.62. The first kappa shape index (κ1) is 18.0. The summed E-state index contributed by atoms with van der Waals surface area (Å²) in [5, 5.41) is 2.78. The smallest absolute Gasteiger partial charge is 0.308 e. The van der Waals surface area contributed by atoms with Gasteiger partial charge in [0.15, 0.2) is 0 Å². The molecule has 24 heavy (non-hydrogen) atoms. The zero-order valence-corrected chi connectivity index (χ0v) is 14.0. The molecule has 1 aromatic carbocycles. The Balaban J connectivity index is 1.65. The van der Waals surface area contributed by atoms with Crippen LogP contribution in [0.1, 0.15) is 24.8 Å². The minimum atomic E-state index is -0.199. The second kappa shape index (κ2) is 9.05. The maximum atomic E-state index is 12.1. The van der Waals surface area contributed by atoms with E-state index in [2.05, 4.69) is 5.32 Å². The Morgan fingerprint density at radius 3 is 2.46 bits per heavy atom. The lowest BCUT2D eigenvalue weighted by Crippen LogP contribution is -2.41. The summed E-state index contributed by atoms with van der Waals surface area (Å²) < 4.78 is 4.74. The van der Waals surface area contributed by atoms with Gasteiger partial charge in [0.25, 0.3) is 0 Å². The number of amides is 2. The Kier molecular flexibility index (Phi) is 6.78. The van der Waals surface area contributed by atoms with Crippen molar-refractivity contribution in [2.45, 2.75) is 25.7 Å². The van der Waals surface area contributed by atoms with Crippen LogP contribution in [0.2, 0.25) is 0 Å². The van der Waals surface area contributed by atoms with Gasteiger partial charge >= 0.3 is 5.97 Å². The fraction of sp³-hybridized carbons (Fsp3) is 0.500. The summed E-state index contributed by atoms with van der Waals surface area (Å²) in [6.07, 6.45) is 1.88. The molecular weight excluding hydrogens is 308 g/mol. The number of carbonyl (C=O) groups excluding carboxylic acids is 3. The van der Waals surface area contributed by atoms with Crippen molar-refractivity contribution in [3.63, 3.8) is 0 Å². The summed E-state index contributed by atoms with van der Waals surface area (Å²) in [6.45, 7) is 1.47. The van der Waals surface area contributed by atoms with E-state index in [0.717, 1.165) is 5.56 Å². The van der Waals surface area contributed by atoms with Gasteiger partial charge in [-0.1, -0.05) is 30.3 Å². The van der Waals surface area contributed by atoms with Gasteiger partial charge in [-0.2, -0.15) is 0 Å². The van der Waals surface area contributed by atoms with Gasteiger partial charge in [0.2, 0.25) is 11.8 Å². The number of rotatable bonds is 6. The summed E-state index contributed by atoms with van der Waals surface area (Å²) in [6, 6.07) is 9.49. The molecule has 1 fully saturated rings. The van der Waals surface area contributed by atoms with Crippen LogP contribution < -0.4 is 5.32 Å². The molecule has 0 aliphatic carbocycles. The molecule has 0 unspecified atom stereocenters. The molecule has 0 bridgehead atoms. The Morgan fingerprint density at radius 2 is 1.83 bits per heavy atom. The maximum absolute atomic E-state index is 12.1. The van der Waals surface area contributed by atoms with Crippen molar-refractivity contribution in [2.24, 2.45) is 5.92 Å². The summed E-state index contributed by atoms with van der Waals surface area (Å²) in [4.78, 5) is 37.2. The standard InChI is InChI=1S/C18H24N2O4/c1-24-18(23)15-8-11-20(12-9-15)17(22)7-10-19-16(21)13-14-5-3-2-4-6-14/h2-6,15H,7-13H2,1H3,(H,19,21). The van der Waals surface area contributed by atoms with Crippen LogP contribution >= 0.6 is 0 Å². The monoisotopic (exact) mass is 332 g/mol. The van der Waals surface area contributed by atoms with Gasteiger partial charge in [-0.25, -0.2) is 0 Å². The Bertz CT molecular complexity index is 566. The molecule has 0 aromatic heterocycles. The highest BCUT2D eigenvalue weighted by Crippen LogP contribution is 2.18. The molecule has 1 aliphatic rings. The van der Waals surface area contributed by atoms with E-state index in [4.69, 9.17) is 4.74 Å². The number of methoxy groups -OCH3 is 1. The lowest BCUT2D eigenvalue weighted by atomic mass is 9.97. The Morgan fingerprint density at radius 1 is 1.17 bits per heavy atom. The van der Waals surface area contributed by atoms with Gasteiger partial charge in [-0.05, 0) is 18.4 Å². The van der Waals surface area contributed by atoms with Gasteiger partial charge in [0.1, 0.15) is 0 Å². The highest BCUT2D eigenvalue weighted by molar-refractivity contribution is 5.80. The van der Waals surface area contributed by atoms with Gasteiger partial charge < -0.3 is 15.0 Å². The first-order chi connectivity index (χ1) is 11.6. The molecule has 130 valence electrons. The van der Waals surface area contributed by atoms with E-state index < -0.39 is 0 Å². The molecule has 1 N–H and O–H groups in total. The van der Waals surface area contributed by atoms with Crippen LogP contribution in [0.5, 0.6) is 0 Å². The normalized spacial score (nSPS) is 15.0. The summed E-state index contributed by atoms with van der Waals surface area (Å²) in [5.41, 5.74) is 0.950. The molecule has 2 rings (SSSR count). The largest absolute Gasteiger partial charge is 0.469 e. The minimum Gasteiger partial charge on any atom is -0.469 e. The van der Waals surface area contributed by atoms with E-state index in [1.165, 1.54) is 7.11 Å². The fourth-order valence-corrected chi connectivity index (χ4v) is 2.84. The van der Waals surface area contributed by atoms with Crippen LogP contribution in [0.25, 0.3) is 0 Å². The summed E-state index contributed by atoms with van der Waals surface area (Å²) in [7, 11) is 1.39. The summed E-state index contributed by atoms with van der Waals surface area (Å²) in [5.74, 6) is -0.378. The number of benzene rings is 1. The van der Waals surface area contributed by atoms with Crippen LogP contribution in [-0.4, -0.2) is 49.4 Å². The van der Waals surface area contributed by atoms with Crippen molar-refractivity contribution in [1.82, 2.24) is 10.2 Å². The van der Waals surface area contributed by atoms with Crippen LogP contribution in [0, 0.1) is 5.92 Å². The van der Waals surface area contributed by atoms with E-state index in [1.54, 1.807) is 4.90 Å². The SMILES string of the molecule is COC(=O)C1CCN(C(=O)CCNC(=O)Cc2ccccc2)CC1. The quantitative estimate of drug-likeness (QED) is 0.793. The van der Waals surface area contributed by atoms with Crippen LogP contribution in [-0.2, 0) is 25.5 Å². The number of likely N-dealkylation sites (tertiary alicyclic amines) is 1. The summed E-state index contributed by atoms with van der Waals surface area (Å²) >= 11 is 0. The number of piperidine rings is 1. The molecule has 0 radical (unpaired) electrons. The number of hydrogen-bond acceptors (Lipinski definition) is 4. The molecule has 0 atom stereocenters. The van der Waals surface area contributed by atoms with E-state index in [9.17, 15) is 14.4 Å². The second-order valence-corrected chi connectivity index (χ2v) is 5.94. The number of esters is 1. The van der Waals surface area contributed by atoms with Crippen molar-refractivity contribution in [1.29, 1.82) is 0 Å². The van der Waals surface area contributed by atoms with Crippen molar-refractivity contribution < 1.29 is 19.1 Å². The van der Waals surface area contributed by atoms with E-state index in [1.807, 2.05) is 30.3 Å². The molecule has 1 aliphatic heterocycles. The van der Waals surface area contributed by atoms with Crippen LogP contribution in [0.4, 0.5) is 0 Å². The fourth-order valence-electron chi connectivity index (χ4n) is 2.84. The van der Waals surface area contributed by atoms with Gasteiger partial charge in [-0.3, -0.25) is 14.4 Å². The molecule has 6 nitrogen and oxygen atoms in total. The van der Waals surface area contributed by atoms with E-state index in [0.29, 0.717) is 38.9 Å². The number of ether oxygens (including phenoxy) is 1. The van der Waals surface area contributed by atoms with Gasteiger partial charge in [0, 0.05) is 26.1 Å². The predicted molar refractivity (Wildman–Crippen MR) is 89.1 cm³/mol. The van der Waals surface area contributed by atoms with Crippen LogP contribution in [0.3, 0.4) is 0 Å². The first-order valence-electron chi connectivity index (χ1n) is 8.26. The van der Waals surface area contributed by atoms with E-state index in [-0.39, 0.29) is 30.1 Å². The molecule has 1 aromatic rings. The third-order valence-corrected chi connectivity index (χ3v) is 4.25. The molecule has 0 saturated carbocycles. The Labute approximate surface area is 142 Å². The topological polar surface area (TPSA) is 75.7 Å². The van der Waals surface area contributed by atoms with Gasteiger partial charge in [0.05, 0.1) is 19.4 Å². The lowest BCUT2D eigenvalue weighted by Gasteiger charge is -2.30. The molecule has 1 heterocycles. The van der Waals surface area contributed by atoms with Crippen molar-refractivity contribution in [3.05, 3.63) is 35.9 Å². The predicted octanol–water partition coefficient (Wildman–Crippen LogP) is 1.15. The second-order valence-electron chi connectivity index (χ2n) is 5.94. The number of carbonyl (C=O) groups is 3. The van der Waals surface area contributed by atoms with Crippen molar-refractivity contribution in [3.8, 4) is 0 Å². The number of nitrogens with zero attached hydrogens (tertiary/aromatic N) is 1. The molecule has 0 spiro atoms. The third kappa shape index (κ3) is 5.37. The van der Waals surface area contributed by atoms with Crippen molar-refractivity contribution >= 4 is 17.8 Å². The molecule has 2 amide bonds. The molecular formula is C18H24N2O4. The zero-order chi connectivity index (χ0) is 17.4. The van der Waals surface area contributed by atoms with Crippen LogP contribution in [0.15, 0.2) is 30.3 Å². The number of nitrogens with one attached hydrogen (secondary N) is 1. The highest BCUT2D eigenvalue weighted by Gasteiger charge is 2.27. The Hall–Kier alpha value is -2.37. The maximum Gasteiger partial charge on any atom is 0.308 e. The minimum absolute atomic E-state index is 0.0123.